The highest BCUT2D eigenvalue weighted by atomic mass is 35.5. The van der Waals surface area contributed by atoms with Crippen LogP contribution in [0.4, 0.5) is 19.7 Å². The molecule has 1 aliphatic rings. The Morgan fingerprint density at radius 2 is 1.94 bits per heavy atom. The molecule has 4 rings (SSSR count). The normalized spacial score (nSPS) is 14.6. The Bertz CT molecular complexity index is 1120. The second-order valence-electron chi connectivity index (χ2n) is 7.63. The number of nitrogens with zero attached hydrogens (tertiary/aromatic N) is 2. The highest BCUT2D eigenvalue weighted by Gasteiger charge is 2.25. The van der Waals surface area contributed by atoms with E-state index in [1.54, 1.807) is 18.2 Å². The van der Waals surface area contributed by atoms with Gasteiger partial charge in [0.05, 0.1) is 11.3 Å². The zero-order chi connectivity index (χ0) is 22.8. The van der Waals surface area contributed by atoms with Crippen LogP contribution in [-0.4, -0.2) is 34.9 Å². The quantitative estimate of drug-likeness (QED) is 0.536. The summed E-state index contributed by atoms with van der Waals surface area (Å²) in [5, 5.41) is 4.51. The number of benzene rings is 2. The summed E-state index contributed by atoms with van der Waals surface area (Å²) in [5.74, 6) is -1.27. The van der Waals surface area contributed by atoms with Crippen LogP contribution in [0.2, 0.25) is 5.02 Å². The maximum Gasteiger partial charge on any atom is 0.253 e. The molecule has 1 fully saturated rings. The largest absolute Gasteiger partial charge is 0.383 e. The minimum Gasteiger partial charge on any atom is -0.383 e. The summed E-state index contributed by atoms with van der Waals surface area (Å²) in [4.78, 5) is 19.2. The van der Waals surface area contributed by atoms with Gasteiger partial charge in [0.1, 0.15) is 17.5 Å². The minimum absolute atomic E-state index is 0.0138. The number of nitrogens with two attached hydrogens (primary N) is 1. The summed E-state index contributed by atoms with van der Waals surface area (Å²) in [6.45, 7) is 3.08. The Morgan fingerprint density at radius 3 is 2.59 bits per heavy atom. The van der Waals surface area contributed by atoms with Crippen molar-refractivity contribution in [2.45, 2.75) is 25.8 Å². The van der Waals surface area contributed by atoms with Crippen molar-refractivity contribution in [3.63, 3.8) is 0 Å². The fourth-order valence-corrected chi connectivity index (χ4v) is 4.56. The van der Waals surface area contributed by atoms with Gasteiger partial charge in [-0.25, -0.2) is 13.8 Å². The molecule has 2 radical (unpaired) electrons. The number of hydrogen-bond acceptors (Lipinski definition) is 5. The van der Waals surface area contributed by atoms with E-state index >= 15 is 0 Å². The molecule has 166 valence electrons. The van der Waals surface area contributed by atoms with E-state index in [1.165, 1.54) is 29.5 Å². The number of carbonyl (C=O) groups excluding carboxylic acids is 1. The molecule has 3 aromatic rings. The Balaban J connectivity index is 1.36. The van der Waals surface area contributed by atoms with Crippen LogP contribution in [0.3, 0.4) is 0 Å². The fraction of sp³-hybridized carbons (Fsp3) is 0.261. The van der Waals surface area contributed by atoms with Gasteiger partial charge in [0.25, 0.3) is 5.91 Å². The van der Waals surface area contributed by atoms with E-state index in [1.807, 2.05) is 11.8 Å². The molecule has 0 atom stereocenters. The number of thiazole rings is 1. The summed E-state index contributed by atoms with van der Waals surface area (Å²) in [5.41, 5.74) is 7.17. The predicted molar refractivity (Wildman–Crippen MR) is 123 cm³/mol. The van der Waals surface area contributed by atoms with Crippen molar-refractivity contribution in [1.29, 1.82) is 0 Å². The average Bonchev–Trinajstić information content (AvgIpc) is 3.11. The van der Waals surface area contributed by atoms with Gasteiger partial charge in [-0.05, 0) is 55.7 Å². The summed E-state index contributed by atoms with van der Waals surface area (Å²) in [7, 11) is 0. The molecule has 1 aromatic heterocycles. The number of rotatable bonds is 5. The Morgan fingerprint density at radius 1 is 1.25 bits per heavy atom. The van der Waals surface area contributed by atoms with Gasteiger partial charge in [-0.3, -0.25) is 4.79 Å². The van der Waals surface area contributed by atoms with Gasteiger partial charge in [0, 0.05) is 35.3 Å². The van der Waals surface area contributed by atoms with Crippen molar-refractivity contribution >= 4 is 39.8 Å². The molecule has 3 N–H and O–H groups in total. The standard InChI is InChI=1S/C23H21ClF2N4OS/c1-13-11-14(5-6-17(13)24)22(31)30-9-7-15(8-10-30)28-23-29-21(27)20(32-23)12-16-18(25)3-2-4-19(16)26/h2-6,11,15H,7-10,27H2,1H3,(H,28,29). The molecular weight excluding hydrogens is 454 g/mol. The van der Waals surface area contributed by atoms with Gasteiger partial charge in [0.15, 0.2) is 5.13 Å². The number of nitrogen functional groups attached to an aromatic ring is 1. The number of amides is 1. The molecule has 0 spiro atoms. The second-order valence-corrected chi connectivity index (χ2v) is 9.04. The van der Waals surface area contributed by atoms with Crippen LogP contribution in [-0.2, 0) is 0 Å². The number of aromatic nitrogens is 1. The van der Waals surface area contributed by atoms with Crippen LogP contribution in [0.15, 0.2) is 36.4 Å². The maximum atomic E-state index is 13.9. The second kappa shape index (κ2) is 9.42. The lowest BCUT2D eigenvalue weighted by atomic mass is 10.0. The summed E-state index contributed by atoms with van der Waals surface area (Å²) >= 11 is 7.24. The lowest BCUT2D eigenvalue weighted by Crippen LogP contribution is -2.42. The summed E-state index contributed by atoms with van der Waals surface area (Å²) in [6.07, 6.45) is 4.17. The first-order valence-corrected chi connectivity index (χ1v) is 11.3. The van der Waals surface area contributed by atoms with Gasteiger partial charge < -0.3 is 16.0 Å². The first-order chi connectivity index (χ1) is 15.3. The number of halogens is 3. The molecule has 9 heteroatoms. The van der Waals surface area contributed by atoms with Crippen LogP contribution in [0, 0.1) is 25.0 Å². The van der Waals surface area contributed by atoms with Gasteiger partial charge in [-0.15, -0.1) is 0 Å². The Hall–Kier alpha value is -2.71. The summed E-state index contributed by atoms with van der Waals surface area (Å²) < 4.78 is 27.8. The maximum absolute atomic E-state index is 13.9. The minimum atomic E-state index is -0.708. The first kappa shape index (κ1) is 22.5. The monoisotopic (exact) mass is 474 g/mol. The highest BCUT2D eigenvalue weighted by Crippen LogP contribution is 2.31. The van der Waals surface area contributed by atoms with Gasteiger partial charge >= 0.3 is 0 Å². The van der Waals surface area contributed by atoms with Crippen molar-refractivity contribution in [2.75, 3.05) is 24.1 Å². The van der Waals surface area contributed by atoms with Gasteiger partial charge in [0.2, 0.25) is 0 Å². The van der Waals surface area contributed by atoms with Crippen LogP contribution < -0.4 is 11.1 Å². The number of anilines is 2. The molecule has 2 aromatic carbocycles. The molecule has 1 amide bonds. The molecule has 32 heavy (non-hydrogen) atoms. The third kappa shape index (κ3) is 4.86. The zero-order valence-corrected chi connectivity index (χ0v) is 18.9. The van der Waals surface area contributed by atoms with Crippen LogP contribution in [0.1, 0.15) is 39.2 Å². The van der Waals surface area contributed by atoms with E-state index in [2.05, 4.69) is 16.7 Å². The molecule has 0 unspecified atom stereocenters. The molecule has 0 saturated carbocycles. The molecule has 5 nitrogen and oxygen atoms in total. The smallest absolute Gasteiger partial charge is 0.253 e. The number of nitrogens with one attached hydrogen (secondary N) is 1. The number of hydrogen-bond donors (Lipinski definition) is 2. The molecule has 2 heterocycles. The Kier molecular flexibility index (Phi) is 6.62. The Labute approximate surface area is 194 Å². The first-order valence-electron chi connectivity index (χ1n) is 10.1. The average molecular weight is 475 g/mol. The lowest BCUT2D eigenvalue weighted by molar-refractivity contribution is 0.0718. The van der Waals surface area contributed by atoms with Crippen LogP contribution in [0.5, 0.6) is 0 Å². The molecule has 0 aliphatic carbocycles. The van der Waals surface area contributed by atoms with Gasteiger partial charge in [-0.2, -0.15) is 0 Å². The van der Waals surface area contributed by atoms with E-state index in [0.29, 0.717) is 33.7 Å². The molecular formula is C23H21ClF2N4OS. The van der Waals surface area contributed by atoms with Crippen molar-refractivity contribution in [3.8, 4) is 0 Å². The number of likely N-dealkylation sites (tertiary alicyclic amines) is 1. The molecule has 0 bridgehead atoms. The van der Waals surface area contributed by atoms with E-state index in [0.717, 1.165) is 18.4 Å². The van der Waals surface area contributed by atoms with Gasteiger partial charge in [-0.1, -0.05) is 29.0 Å². The van der Waals surface area contributed by atoms with E-state index < -0.39 is 11.6 Å². The van der Waals surface area contributed by atoms with Crippen molar-refractivity contribution in [2.24, 2.45) is 0 Å². The molecule has 1 aliphatic heterocycles. The van der Waals surface area contributed by atoms with E-state index in [4.69, 9.17) is 17.3 Å². The number of piperidine rings is 1. The third-order valence-electron chi connectivity index (χ3n) is 5.37. The molecule has 1 saturated heterocycles. The van der Waals surface area contributed by atoms with E-state index in [-0.39, 0.29) is 23.3 Å². The van der Waals surface area contributed by atoms with Crippen molar-refractivity contribution in [3.05, 3.63) is 81.0 Å². The third-order valence-corrected chi connectivity index (χ3v) is 6.71. The predicted octanol–water partition coefficient (Wildman–Crippen LogP) is 5.16. The fourth-order valence-electron chi connectivity index (χ4n) is 3.58. The zero-order valence-electron chi connectivity index (χ0n) is 17.3. The van der Waals surface area contributed by atoms with Crippen LogP contribution in [0.25, 0.3) is 0 Å². The number of carbonyl (C=O) groups is 1. The van der Waals surface area contributed by atoms with E-state index in [9.17, 15) is 13.6 Å². The lowest BCUT2D eigenvalue weighted by Gasteiger charge is -2.32. The van der Waals surface area contributed by atoms with Crippen molar-refractivity contribution < 1.29 is 13.6 Å². The van der Waals surface area contributed by atoms with Crippen molar-refractivity contribution in [1.82, 2.24) is 9.88 Å². The number of aryl methyl sites for hydroxylation is 1. The summed E-state index contributed by atoms with van der Waals surface area (Å²) in [6, 6.07) is 9.03. The SMILES string of the molecule is Cc1cc(C(=O)N2CCC(Nc3nc(N)c([C]c4c(F)cccc4F)s3)CC2)ccc1Cl. The van der Waals surface area contributed by atoms with Crippen LogP contribution >= 0.6 is 22.9 Å². The highest BCUT2D eigenvalue weighted by molar-refractivity contribution is 7.16. The topological polar surface area (TPSA) is 71.2 Å².